The number of esters is 1. The van der Waals surface area contributed by atoms with Crippen LogP contribution in [0.5, 0.6) is 0 Å². The van der Waals surface area contributed by atoms with Gasteiger partial charge in [-0.2, -0.15) is 0 Å². The quantitative estimate of drug-likeness (QED) is 0.635. The third-order valence-corrected chi connectivity index (χ3v) is 4.56. The van der Waals surface area contributed by atoms with Gasteiger partial charge in [-0.15, -0.1) is 0 Å². The molecule has 106 valence electrons. The van der Waals surface area contributed by atoms with Crippen molar-refractivity contribution in [3.8, 4) is 0 Å². The standard InChI is InChI=1S/C12H18N2O4S/c1-9(12(15)18-3)8-14(2)19(16,17)11-6-4-10(13)5-7-11/h4-7,9H,8,13H2,1-3H3. The highest BCUT2D eigenvalue weighted by atomic mass is 32.2. The summed E-state index contributed by atoms with van der Waals surface area (Å²) >= 11 is 0. The monoisotopic (exact) mass is 286 g/mol. The first kappa shape index (κ1) is 15.5. The van der Waals surface area contributed by atoms with Gasteiger partial charge in [-0.05, 0) is 24.3 Å². The van der Waals surface area contributed by atoms with Crippen LogP contribution in [0.2, 0.25) is 0 Å². The maximum atomic E-state index is 12.2. The molecule has 6 nitrogen and oxygen atoms in total. The van der Waals surface area contributed by atoms with Crippen LogP contribution in [0.3, 0.4) is 0 Å². The summed E-state index contributed by atoms with van der Waals surface area (Å²) in [6.07, 6.45) is 0. The number of carbonyl (C=O) groups is 1. The fraction of sp³-hybridized carbons (Fsp3) is 0.417. The van der Waals surface area contributed by atoms with Crippen LogP contribution in [0.1, 0.15) is 6.92 Å². The van der Waals surface area contributed by atoms with Crippen molar-refractivity contribution >= 4 is 21.7 Å². The van der Waals surface area contributed by atoms with Crippen molar-refractivity contribution in [2.75, 3.05) is 26.4 Å². The molecule has 0 amide bonds. The highest BCUT2D eigenvalue weighted by molar-refractivity contribution is 7.89. The van der Waals surface area contributed by atoms with Crippen molar-refractivity contribution in [1.29, 1.82) is 0 Å². The number of hydrogen-bond acceptors (Lipinski definition) is 5. The van der Waals surface area contributed by atoms with E-state index in [9.17, 15) is 13.2 Å². The smallest absolute Gasteiger partial charge is 0.309 e. The first-order valence-corrected chi connectivity index (χ1v) is 7.12. The summed E-state index contributed by atoms with van der Waals surface area (Å²) in [6, 6.07) is 5.91. The molecule has 0 aliphatic rings. The predicted octanol–water partition coefficient (Wildman–Crippen LogP) is 0.698. The zero-order valence-electron chi connectivity index (χ0n) is 11.2. The van der Waals surface area contributed by atoms with Crippen molar-refractivity contribution in [2.24, 2.45) is 5.92 Å². The summed E-state index contributed by atoms with van der Waals surface area (Å²) < 4.78 is 30.1. The number of ether oxygens (including phenoxy) is 1. The SMILES string of the molecule is COC(=O)C(C)CN(C)S(=O)(=O)c1ccc(N)cc1. The van der Waals surface area contributed by atoms with E-state index in [4.69, 9.17) is 5.73 Å². The zero-order valence-corrected chi connectivity index (χ0v) is 12.0. The number of methoxy groups -OCH3 is 1. The molecule has 2 N–H and O–H groups in total. The minimum Gasteiger partial charge on any atom is -0.469 e. The van der Waals surface area contributed by atoms with Gasteiger partial charge in [-0.1, -0.05) is 6.92 Å². The molecule has 1 aromatic carbocycles. The molecule has 19 heavy (non-hydrogen) atoms. The maximum absolute atomic E-state index is 12.2. The number of sulfonamides is 1. The molecule has 0 fully saturated rings. The minimum atomic E-state index is -3.62. The highest BCUT2D eigenvalue weighted by Gasteiger charge is 2.25. The van der Waals surface area contributed by atoms with Crippen LogP contribution in [-0.4, -0.2) is 39.4 Å². The molecular weight excluding hydrogens is 268 g/mol. The third-order valence-electron chi connectivity index (χ3n) is 2.72. The van der Waals surface area contributed by atoms with Gasteiger partial charge in [0.25, 0.3) is 0 Å². The van der Waals surface area contributed by atoms with E-state index in [1.54, 1.807) is 6.92 Å². The Bertz CT molecular complexity index is 539. The van der Waals surface area contributed by atoms with E-state index in [0.717, 1.165) is 4.31 Å². The predicted molar refractivity (Wildman–Crippen MR) is 71.9 cm³/mol. The van der Waals surface area contributed by atoms with Crippen LogP contribution in [0.4, 0.5) is 5.69 Å². The lowest BCUT2D eigenvalue weighted by atomic mass is 10.2. The molecule has 0 aromatic heterocycles. The van der Waals surface area contributed by atoms with Gasteiger partial charge in [0.2, 0.25) is 10.0 Å². The Balaban J connectivity index is 2.88. The van der Waals surface area contributed by atoms with Gasteiger partial charge >= 0.3 is 5.97 Å². The molecule has 0 spiro atoms. The van der Waals surface area contributed by atoms with Gasteiger partial charge in [0, 0.05) is 19.3 Å². The first-order chi connectivity index (χ1) is 8.78. The van der Waals surface area contributed by atoms with Gasteiger partial charge in [0.1, 0.15) is 0 Å². The average molecular weight is 286 g/mol. The topological polar surface area (TPSA) is 89.7 Å². The van der Waals surface area contributed by atoms with E-state index >= 15 is 0 Å². The summed E-state index contributed by atoms with van der Waals surface area (Å²) in [5, 5.41) is 0. The second-order valence-corrected chi connectivity index (χ2v) is 6.32. The number of nitrogens with zero attached hydrogens (tertiary/aromatic N) is 1. The summed E-state index contributed by atoms with van der Waals surface area (Å²) in [4.78, 5) is 11.4. The lowest BCUT2D eigenvalue weighted by Gasteiger charge is -2.20. The number of nitrogens with two attached hydrogens (primary N) is 1. The largest absolute Gasteiger partial charge is 0.469 e. The van der Waals surface area contributed by atoms with Gasteiger partial charge in [0.15, 0.2) is 0 Å². The molecule has 7 heteroatoms. The molecule has 1 unspecified atom stereocenters. The normalized spacial score (nSPS) is 13.3. The molecule has 0 saturated carbocycles. The number of rotatable bonds is 5. The molecule has 1 atom stereocenters. The number of benzene rings is 1. The molecule has 0 heterocycles. The van der Waals surface area contributed by atoms with E-state index in [1.165, 1.54) is 38.4 Å². The van der Waals surface area contributed by atoms with E-state index in [2.05, 4.69) is 4.74 Å². The Morgan fingerprint density at radius 3 is 2.37 bits per heavy atom. The molecule has 1 rings (SSSR count). The molecule has 1 aromatic rings. The first-order valence-electron chi connectivity index (χ1n) is 5.68. The molecule has 0 saturated heterocycles. The van der Waals surface area contributed by atoms with Crippen LogP contribution >= 0.6 is 0 Å². The van der Waals surface area contributed by atoms with Gasteiger partial charge < -0.3 is 10.5 Å². The van der Waals surface area contributed by atoms with Gasteiger partial charge in [-0.3, -0.25) is 4.79 Å². The second-order valence-electron chi connectivity index (χ2n) is 4.28. The van der Waals surface area contributed by atoms with Crippen molar-refractivity contribution in [2.45, 2.75) is 11.8 Å². The lowest BCUT2D eigenvalue weighted by molar-refractivity contribution is -0.144. The number of anilines is 1. The molecule has 0 bridgehead atoms. The lowest BCUT2D eigenvalue weighted by Crippen LogP contribution is -2.34. The van der Waals surface area contributed by atoms with Crippen LogP contribution in [0, 0.1) is 5.92 Å². The highest BCUT2D eigenvalue weighted by Crippen LogP contribution is 2.17. The Labute approximate surface area is 113 Å². The van der Waals surface area contributed by atoms with E-state index < -0.39 is 21.9 Å². The third kappa shape index (κ3) is 3.68. The summed E-state index contributed by atoms with van der Waals surface area (Å²) in [6.45, 7) is 1.67. The van der Waals surface area contributed by atoms with E-state index in [-0.39, 0.29) is 11.4 Å². The van der Waals surface area contributed by atoms with Crippen LogP contribution in [0.25, 0.3) is 0 Å². The molecular formula is C12H18N2O4S. The summed E-state index contributed by atoms with van der Waals surface area (Å²) in [5.74, 6) is -0.974. The Morgan fingerprint density at radius 1 is 1.37 bits per heavy atom. The van der Waals surface area contributed by atoms with Crippen LogP contribution in [-0.2, 0) is 19.6 Å². The Hall–Kier alpha value is -1.60. The minimum absolute atomic E-state index is 0.0549. The van der Waals surface area contributed by atoms with Crippen LogP contribution in [0.15, 0.2) is 29.2 Å². The number of nitrogen functional groups attached to an aromatic ring is 1. The molecule has 0 aliphatic carbocycles. The van der Waals surface area contributed by atoms with E-state index in [1.807, 2.05) is 0 Å². The van der Waals surface area contributed by atoms with Gasteiger partial charge in [-0.25, -0.2) is 12.7 Å². The molecule has 0 radical (unpaired) electrons. The summed E-state index contributed by atoms with van der Waals surface area (Å²) in [7, 11) is -0.930. The van der Waals surface area contributed by atoms with E-state index in [0.29, 0.717) is 5.69 Å². The zero-order chi connectivity index (χ0) is 14.6. The van der Waals surface area contributed by atoms with Crippen molar-refractivity contribution < 1.29 is 17.9 Å². The number of hydrogen-bond donors (Lipinski definition) is 1. The molecule has 0 aliphatic heterocycles. The summed E-state index contributed by atoms with van der Waals surface area (Å²) in [5.41, 5.74) is 6.01. The average Bonchev–Trinajstić information content (AvgIpc) is 2.38. The maximum Gasteiger partial charge on any atom is 0.309 e. The van der Waals surface area contributed by atoms with Crippen LogP contribution < -0.4 is 5.73 Å². The van der Waals surface area contributed by atoms with Gasteiger partial charge in [0.05, 0.1) is 17.9 Å². The second kappa shape index (κ2) is 6.03. The number of carbonyl (C=O) groups excluding carboxylic acids is 1. The fourth-order valence-corrected chi connectivity index (χ4v) is 2.84. The van der Waals surface area contributed by atoms with Crippen molar-refractivity contribution in [3.05, 3.63) is 24.3 Å². The Kier molecular flexibility index (Phi) is 4.90. The van der Waals surface area contributed by atoms with Crippen molar-refractivity contribution in [1.82, 2.24) is 4.31 Å². The fourth-order valence-electron chi connectivity index (χ4n) is 1.58. The van der Waals surface area contributed by atoms with Crippen molar-refractivity contribution in [3.63, 3.8) is 0 Å². The Morgan fingerprint density at radius 2 is 1.89 bits per heavy atom.